The molecule has 0 bridgehead atoms. The molecule has 2 aromatic carbocycles. The quantitative estimate of drug-likeness (QED) is 0.801. The van der Waals surface area contributed by atoms with Crippen molar-refractivity contribution in [3.05, 3.63) is 54.1 Å². The second-order valence-corrected chi connectivity index (χ2v) is 6.97. The van der Waals surface area contributed by atoms with Gasteiger partial charge in [0.1, 0.15) is 11.9 Å². The van der Waals surface area contributed by atoms with Gasteiger partial charge >= 0.3 is 6.18 Å². The zero-order chi connectivity index (χ0) is 18.8. The van der Waals surface area contributed by atoms with Crippen LogP contribution in [-0.2, 0) is 20.8 Å². The van der Waals surface area contributed by atoms with Gasteiger partial charge in [0.25, 0.3) is 0 Å². The summed E-state index contributed by atoms with van der Waals surface area (Å²) in [6.07, 6.45) is -6.09. The van der Waals surface area contributed by atoms with Crippen molar-refractivity contribution in [1.29, 1.82) is 0 Å². The van der Waals surface area contributed by atoms with Gasteiger partial charge in [-0.1, -0.05) is 12.1 Å². The molecule has 0 amide bonds. The van der Waals surface area contributed by atoms with Gasteiger partial charge in [-0.15, -0.1) is 0 Å². The van der Waals surface area contributed by atoms with E-state index in [1.165, 1.54) is 13.0 Å². The monoisotopic (exact) mass is 373 g/mol. The molecular weight excluding hydrogens is 361 g/mol. The molecule has 0 aromatic heterocycles. The Bertz CT molecular complexity index is 873. The number of hydrogen-bond acceptors (Lipinski definition) is 5. The van der Waals surface area contributed by atoms with Crippen molar-refractivity contribution >= 4 is 15.8 Å². The molecule has 0 aliphatic carbocycles. The van der Waals surface area contributed by atoms with E-state index in [1.54, 1.807) is 0 Å². The van der Waals surface area contributed by atoms with Gasteiger partial charge in [0.05, 0.1) is 21.3 Å². The number of aliphatic carboxylic acids is 1. The molecule has 9 heteroatoms. The third-order valence-corrected chi connectivity index (χ3v) is 5.09. The number of rotatable bonds is 5. The van der Waals surface area contributed by atoms with Crippen LogP contribution in [0.5, 0.6) is 5.75 Å². The van der Waals surface area contributed by atoms with Crippen LogP contribution >= 0.6 is 0 Å². The van der Waals surface area contributed by atoms with E-state index in [-0.39, 0.29) is 10.6 Å². The fraction of sp³-hybridized carbons (Fsp3) is 0.188. The first-order valence-corrected chi connectivity index (χ1v) is 8.40. The van der Waals surface area contributed by atoms with E-state index in [4.69, 9.17) is 4.74 Å². The lowest BCUT2D eigenvalue weighted by Crippen LogP contribution is -2.37. The fourth-order valence-electron chi connectivity index (χ4n) is 2.01. The van der Waals surface area contributed by atoms with E-state index in [1.807, 2.05) is 0 Å². The highest BCUT2D eigenvalue weighted by atomic mass is 32.2. The predicted octanol–water partition coefficient (Wildman–Crippen LogP) is 2.06. The SMILES string of the molecule is CC(Oc1ccc(S(=O)(=O)c2ccccc2C(F)(F)F)cc1)C(=O)[O-]. The molecule has 134 valence electrons. The topological polar surface area (TPSA) is 83.5 Å². The van der Waals surface area contributed by atoms with Gasteiger partial charge in [-0.2, -0.15) is 13.2 Å². The number of carbonyl (C=O) groups is 1. The predicted molar refractivity (Wildman–Crippen MR) is 78.4 cm³/mol. The molecule has 0 heterocycles. The van der Waals surface area contributed by atoms with Crippen LogP contribution in [0.15, 0.2) is 58.3 Å². The molecular formula is C16H12F3O5S-. The standard InChI is InChI=1S/C16H13F3O5S/c1-10(15(20)21)24-11-6-8-12(9-7-11)25(22,23)14-5-3-2-4-13(14)16(17,18)19/h2-10H,1H3,(H,20,21)/p-1. The Morgan fingerprint density at radius 1 is 1.08 bits per heavy atom. The van der Waals surface area contributed by atoms with Crippen LogP contribution in [0.4, 0.5) is 13.2 Å². The highest BCUT2D eigenvalue weighted by molar-refractivity contribution is 7.91. The third kappa shape index (κ3) is 4.11. The largest absolute Gasteiger partial charge is 0.546 e. The van der Waals surface area contributed by atoms with Crippen LogP contribution in [0.3, 0.4) is 0 Å². The molecule has 25 heavy (non-hydrogen) atoms. The van der Waals surface area contributed by atoms with Crippen molar-refractivity contribution in [2.24, 2.45) is 0 Å². The lowest BCUT2D eigenvalue weighted by molar-refractivity contribution is -0.312. The minimum Gasteiger partial charge on any atom is -0.546 e. The second kappa shape index (κ2) is 6.75. The summed E-state index contributed by atoms with van der Waals surface area (Å²) in [5, 5.41) is 10.6. The van der Waals surface area contributed by atoms with Crippen LogP contribution < -0.4 is 9.84 Å². The first-order valence-electron chi connectivity index (χ1n) is 6.92. The Kier molecular flexibility index (Phi) is 5.07. The number of carboxylic acid groups (broad SMARTS) is 1. The molecule has 0 radical (unpaired) electrons. The molecule has 1 atom stereocenters. The number of halogens is 3. The van der Waals surface area contributed by atoms with Crippen LogP contribution in [0.25, 0.3) is 0 Å². The minimum absolute atomic E-state index is 0.0414. The summed E-state index contributed by atoms with van der Waals surface area (Å²) < 4.78 is 69.1. The van der Waals surface area contributed by atoms with Crippen LogP contribution in [0.1, 0.15) is 12.5 Å². The molecule has 0 aliphatic rings. The van der Waals surface area contributed by atoms with E-state index in [0.29, 0.717) is 6.07 Å². The second-order valence-electron chi connectivity index (χ2n) is 5.05. The van der Waals surface area contributed by atoms with Gasteiger partial charge in [-0.05, 0) is 43.3 Å². The summed E-state index contributed by atoms with van der Waals surface area (Å²) >= 11 is 0. The van der Waals surface area contributed by atoms with Gasteiger partial charge in [0.15, 0.2) is 0 Å². The summed E-state index contributed by atoms with van der Waals surface area (Å²) in [6.45, 7) is 1.22. The summed E-state index contributed by atoms with van der Waals surface area (Å²) in [4.78, 5) is 9.37. The van der Waals surface area contributed by atoms with Crippen molar-refractivity contribution in [3.63, 3.8) is 0 Å². The molecule has 0 aliphatic heterocycles. The molecule has 0 saturated heterocycles. The normalized spacial score (nSPS) is 13.3. The Labute approximate surface area is 141 Å². The number of carbonyl (C=O) groups excluding carboxylic acids is 1. The van der Waals surface area contributed by atoms with Crippen molar-refractivity contribution < 1.29 is 36.2 Å². The maximum absolute atomic E-state index is 13.0. The smallest absolute Gasteiger partial charge is 0.417 e. The molecule has 0 N–H and O–H groups in total. The van der Waals surface area contributed by atoms with E-state index in [9.17, 15) is 31.5 Å². The summed E-state index contributed by atoms with van der Waals surface area (Å²) in [7, 11) is -4.42. The lowest BCUT2D eigenvalue weighted by atomic mass is 10.2. The number of hydrogen-bond donors (Lipinski definition) is 0. The first kappa shape index (κ1) is 18.8. The highest BCUT2D eigenvalue weighted by Crippen LogP contribution is 2.36. The maximum atomic E-state index is 13.0. The Morgan fingerprint density at radius 2 is 1.64 bits per heavy atom. The van der Waals surface area contributed by atoms with Crippen LogP contribution in [-0.4, -0.2) is 20.5 Å². The van der Waals surface area contributed by atoms with Gasteiger partial charge in [0, 0.05) is 0 Å². The van der Waals surface area contributed by atoms with Crippen molar-refractivity contribution in [1.82, 2.24) is 0 Å². The zero-order valence-electron chi connectivity index (χ0n) is 12.8. The first-order chi connectivity index (χ1) is 11.5. The van der Waals surface area contributed by atoms with Gasteiger partial charge in [0.2, 0.25) is 9.84 Å². The molecule has 0 saturated carbocycles. The Hall–Kier alpha value is -2.55. The van der Waals surface area contributed by atoms with Gasteiger partial charge in [-0.3, -0.25) is 0 Å². The van der Waals surface area contributed by atoms with Crippen molar-refractivity contribution in [3.8, 4) is 5.75 Å². The molecule has 2 aromatic rings. The van der Waals surface area contributed by atoms with E-state index < -0.39 is 38.5 Å². The summed E-state index contributed by atoms with van der Waals surface area (Å²) in [5.74, 6) is -1.42. The maximum Gasteiger partial charge on any atom is 0.417 e. The molecule has 5 nitrogen and oxygen atoms in total. The van der Waals surface area contributed by atoms with Crippen molar-refractivity contribution in [2.75, 3.05) is 0 Å². The fourth-order valence-corrected chi connectivity index (χ4v) is 3.49. The molecule has 2 rings (SSSR count). The number of alkyl halides is 3. The number of ether oxygens (including phenoxy) is 1. The van der Waals surface area contributed by atoms with E-state index in [2.05, 4.69) is 0 Å². The highest BCUT2D eigenvalue weighted by Gasteiger charge is 2.37. The Balaban J connectivity index is 2.40. The number of sulfone groups is 1. The van der Waals surface area contributed by atoms with E-state index >= 15 is 0 Å². The number of carboxylic acids is 1. The van der Waals surface area contributed by atoms with Gasteiger partial charge < -0.3 is 14.6 Å². The van der Waals surface area contributed by atoms with Crippen molar-refractivity contribution in [2.45, 2.75) is 29.0 Å². The zero-order valence-corrected chi connectivity index (χ0v) is 13.6. The van der Waals surface area contributed by atoms with Crippen LogP contribution in [0.2, 0.25) is 0 Å². The van der Waals surface area contributed by atoms with E-state index in [0.717, 1.165) is 36.4 Å². The van der Waals surface area contributed by atoms with Crippen LogP contribution in [0, 0.1) is 0 Å². The molecule has 0 fully saturated rings. The molecule has 1 unspecified atom stereocenters. The number of benzene rings is 2. The van der Waals surface area contributed by atoms with Gasteiger partial charge in [-0.25, -0.2) is 8.42 Å². The summed E-state index contributed by atoms with van der Waals surface area (Å²) in [5.41, 5.74) is -1.26. The Morgan fingerprint density at radius 3 is 2.16 bits per heavy atom. The lowest BCUT2D eigenvalue weighted by Gasteiger charge is -2.16. The minimum atomic E-state index is -4.82. The average molecular weight is 373 g/mol. The average Bonchev–Trinajstić information content (AvgIpc) is 2.54. The molecule has 0 spiro atoms. The summed E-state index contributed by atoms with van der Waals surface area (Å²) in [6, 6.07) is 8.25. The third-order valence-electron chi connectivity index (χ3n) is 3.26.